The van der Waals surface area contributed by atoms with Crippen LogP contribution in [0.3, 0.4) is 0 Å². The molecule has 0 fully saturated rings. The first kappa shape index (κ1) is 12.2. The highest BCUT2D eigenvalue weighted by Gasteiger charge is 2.06. The Morgan fingerprint density at radius 2 is 1.67 bits per heavy atom. The molecule has 0 aromatic heterocycles. The van der Waals surface area contributed by atoms with Crippen LogP contribution in [0.15, 0.2) is 24.3 Å². The minimum atomic E-state index is 0.0540. The summed E-state index contributed by atoms with van der Waals surface area (Å²) in [5.41, 5.74) is 8.50. The molecule has 1 aromatic rings. The van der Waals surface area contributed by atoms with Gasteiger partial charge < -0.3 is 10.8 Å². The van der Waals surface area contributed by atoms with Crippen molar-refractivity contribution >= 4 is 0 Å². The fourth-order valence-corrected chi connectivity index (χ4v) is 1.61. The van der Waals surface area contributed by atoms with Gasteiger partial charge in [-0.1, -0.05) is 38.1 Å². The molecule has 15 heavy (non-hydrogen) atoms. The highest BCUT2D eigenvalue weighted by atomic mass is 16.2. The zero-order valence-electron chi connectivity index (χ0n) is 9.61. The highest BCUT2D eigenvalue weighted by Crippen LogP contribution is 2.19. The minimum Gasteiger partial charge on any atom is -0.396 e. The molecule has 0 aliphatic carbocycles. The van der Waals surface area contributed by atoms with Gasteiger partial charge in [0, 0.05) is 12.6 Å². The molecule has 84 valence electrons. The van der Waals surface area contributed by atoms with Gasteiger partial charge in [0.1, 0.15) is 0 Å². The van der Waals surface area contributed by atoms with E-state index in [2.05, 4.69) is 38.1 Å². The van der Waals surface area contributed by atoms with Gasteiger partial charge in [0.2, 0.25) is 0 Å². The molecule has 1 aromatic carbocycles. The molecular weight excluding hydrogens is 186 g/mol. The van der Waals surface area contributed by atoms with Crippen molar-refractivity contribution in [2.24, 2.45) is 5.73 Å². The van der Waals surface area contributed by atoms with Crippen molar-refractivity contribution in [3.05, 3.63) is 35.4 Å². The Labute approximate surface area is 92.1 Å². The zero-order chi connectivity index (χ0) is 11.3. The van der Waals surface area contributed by atoms with Gasteiger partial charge in [0.15, 0.2) is 0 Å². The fraction of sp³-hybridized carbons (Fsp3) is 0.538. The van der Waals surface area contributed by atoms with Crippen molar-refractivity contribution in [2.45, 2.75) is 38.6 Å². The lowest BCUT2D eigenvalue weighted by atomic mass is 9.97. The maximum Gasteiger partial charge on any atom is 0.0431 e. The highest BCUT2D eigenvalue weighted by molar-refractivity contribution is 5.26. The van der Waals surface area contributed by atoms with Gasteiger partial charge in [-0.25, -0.2) is 0 Å². The quantitative estimate of drug-likeness (QED) is 0.779. The summed E-state index contributed by atoms with van der Waals surface area (Å²) in [7, 11) is 0. The number of aliphatic hydroxyl groups excluding tert-OH is 1. The maximum atomic E-state index is 8.72. The molecule has 0 aliphatic rings. The molecule has 2 heteroatoms. The first-order chi connectivity index (χ1) is 7.15. The summed E-state index contributed by atoms with van der Waals surface area (Å²) >= 11 is 0. The Hall–Kier alpha value is -0.860. The van der Waals surface area contributed by atoms with Gasteiger partial charge in [-0.05, 0) is 29.9 Å². The topological polar surface area (TPSA) is 46.2 Å². The second-order valence-corrected chi connectivity index (χ2v) is 4.29. The average molecular weight is 207 g/mol. The third-order valence-corrected chi connectivity index (χ3v) is 2.70. The summed E-state index contributed by atoms with van der Waals surface area (Å²) in [6.07, 6.45) is 1.62. The van der Waals surface area contributed by atoms with Gasteiger partial charge in [-0.3, -0.25) is 0 Å². The van der Waals surface area contributed by atoms with Crippen LogP contribution < -0.4 is 5.73 Å². The minimum absolute atomic E-state index is 0.0540. The van der Waals surface area contributed by atoms with Crippen LogP contribution >= 0.6 is 0 Å². The number of hydrogen-bond donors (Lipinski definition) is 2. The molecule has 0 spiro atoms. The lowest BCUT2D eigenvalue weighted by Crippen LogP contribution is -2.10. The second-order valence-electron chi connectivity index (χ2n) is 4.29. The van der Waals surface area contributed by atoms with Gasteiger partial charge in [0.25, 0.3) is 0 Å². The first-order valence-corrected chi connectivity index (χ1v) is 5.61. The molecule has 1 atom stereocenters. The Bertz CT molecular complexity index is 279. The number of aliphatic hydroxyl groups is 1. The van der Waals surface area contributed by atoms with E-state index < -0.39 is 0 Å². The van der Waals surface area contributed by atoms with Crippen LogP contribution in [0.25, 0.3) is 0 Å². The van der Waals surface area contributed by atoms with Crippen LogP contribution in [-0.2, 0) is 0 Å². The van der Waals surface area contributed by atoms with E-state index in [9.17, 15) is 0 Å². The molecular formula is C13H21NO. The van der Waals surface area contributed by atoms with Crippen molar-refractivity contribution in [3.63, 3.8) is 0 Å². The number of nitrogens with two attached hydrogens (primary N) is 1. The zero-order valence-corrected chi connectivity index (χ0v) is 9.61. The van der Waals surface area contributed by atoms with Crippen molar-refractivity contribution < 1.29 is 5.11 Å². The second kappa shape index (κ2) is 5.89. The van der Waals surface area contributed by atoms with Crippen molar-refractivity contribution in [1.29, 1.82) is 0 Å². The molecule has 0 heterocycles. The summed E-state index contributed by atoms with van der Waals surface area (Å²) in [4.78, 5) is 0. The third kappa shape index (κ3) is 3.65. The first-order valence-electron chi connectivity index (χ1n) is 5.61. The van der Waals surface area contributed by atoms with E-state index in [1.165, 1.54) is 5.56 Å². The Morgan fingerprint density at radius 3 is 2.13 bits per heavy atom. The largest absolute Gasteiger partial charge is 0.396 e. The summed E-state index contributed by atoms with van der Waals surface area (Å²) < 4.78 is 0. The average Bonchev–Trinajstić information content (AvgIpc) is 2.26. The van der Waals surface area contributed by atoms with Crippen LogP contribution in [0.1, 0.15) is 49.8 Å². The Kier molecular flexibility index (Phi) is 4.79. The Morgan fingerprint density at radius 1 is 1.13 bits per heavy atom. The lowest BCUT2D eigenvalue weighted by molar-refractivity contribution is 0.280. The van der Waals surface area contributed by atoms with Crippen molar-refractivity contribution in [3.8, 4) is 0 Å². The van der Waals surface area contributed by atoms with Gasteiger partial charge >= 0.3 is 0 Å². The van der Waals surface area contributed by atoms with E-state index in [0.29, 0.717) is 5.92 Å². The molecule has 0 saturated heterocycles. The van der Waals surface area contributed by atoms with Crippen LogP contribution in [-0.4, -0.2) is 11.7 Å². The van der Waals surface area contributed by atoms with Gasteiger partial charge in [-0.15, -0.1) is 0 Å². The molecule has 0 radical (unpaired) electrons. The van der Waals surface area contributed by atoms with E-state index in [1.54, 1.807) is 0 Å². The van der Waals surface area contributed by atoms with Gasteiger partial charge in [0.05, 0.1) is 0 Å². The maximum absolute atomic E-state index is 8.72. The lowest BCUT2D eigenvalue weighted by Gasteiger charge is -2.12. The molecule has 2 nitrogen and oxygen atoms in total. The van der Waals surface area contributed by atoms with Gasteiger partial charge in [-0.2, -0.15) is 0 Å². The third-order valence-electron chi connectivity index (χ3n) is 2.70. The molecule has 0 unspecified atom stereocenters. The van der Waals surface area contributed by atoms with Crippen molar-refractivity contribution in [1.82, 2.24) is 0 Å². The summed E-state index contributed by atoms with van der Waals surface area (Å²) in [5, 5.41) is 8.72. The molecule has 1 rings (SSSR count). The van der Waals surface area contributed by atoms with Crippen molar-refractivity contribution in [2.75, 3.05) is 6.61 Å². The van der Waals surface area contributed by atoms with Crippen LogP contribution in [0, 0.1) is 0 Å². The molecule has 3 N–H and O–H groups in total. The molecule has 0 amide bonds. The number of benzene rings is 1. The molecule has 0 aliphatic heterocycles. The predicted molar refractivity (Wildman–Crippen MR) is 63.8 cm³/mol. The summed E-state index contributed by atoms with van der Waals surface area (Å²) in [6, 6.07) is 8.52. The van der Waals surface area contributed by atoms with E-state index in [0.717, 1.165) is 18.4 Å². The SMILES string of the molecule is CC(C)c1ccc([C@@H](N)CCCO)cc1. The van der Waals surface area contributed by atoms with Crippen LogP contribution in [0.2, 0.25) is 0 Å². The molecule has 0 saturated carbocycles. The Balaban J connectivity index is 2.62. The van der Waals surface area contributed by atoms with E-state index in [-0.39, 0.29) is 12.6 Å². The van der Waals surface area contributed by atoms with E-state index >= 15 is 0 Å². The van der Waals surface area contributed by atoms with E-state index in [1.807, 2.05) is 0 Å². The number of hydrogen-bond acceptors (Lipinski definition) is 2. The monoisotopic (exact) mass is 207 g/mol. The molecule has 0 bridgehead atoms. The standard InChI is InChI=1S/C13H21NO/c1-10(2)11-5-7-12(8-6-11)13(14)4-3-9-15/h5-8,10,13,15H,3-4,9,14H2,1-2H3/t13-/m0/s1. The predicted octanol–water partition coefficient (Wildman–Crippen LogP) is 2.58. The number of rotatable bonds is 5. The normalized spacial score (nSPS) is 13.1. The van der Waals surface area contributed by atoms with Crippen LogP contribution in [0.4, 0.5) is 0 Å². The smallest absolute Gasteiger partial charge is 0.0431 e. The van der Waals surface area contributed by atoms with Crippen LogP contribution in [0.5, 0.6) is 0 Å². The fourth-order valence-electron chi connectivity index (χ4n) is 1.61. The summed E-state index contributed by atoms with van der Waals surface area (Å²) in [5.74, 6) is 0.563. The summed E-state index contributed by atoms with van der Waals surface area (Å²) in [6.45, 7) is 4.58. The van der Waals surface area contributed by atoms with E-state index in [4.69, 9.17) is 10.8 Å².